The first-order valence-corrected chi connectivity index (χ1v) is 10.4. The summed E-state index contributed by atoms with van der Waals surface area (Å²) in [5.74, 6) is -1.83. The molecule has 0 aliphatic carbocycles. The fourth-order valence-electron chi connectivity index (χ4n) is 3.18. The van der Waals surface area contributed by atoms with Crippen LogP contribution < -0.4 is 5.32 Å². The second-order valence-electron chi connectivity index (χ2n) is 6.91. The van der Waals surface area contributed by atoms with Gasteiger partial charge >= 0.3 is 0 Å². The Balaban J connectivity index is 1.52. The summed E-state index contributed by atoms with van der Waals surface area (Å²) in [6, 6.07) is 14.6. The van der Waals surface area contributed by atoms with Gasteiger partial charge in [-0.2, -0.15) is 0 Å². The van der Waals surface area contributed by atoms with Crippen molar-refractivity contribution in [2.75, 3.05) is 11.9 Å². The summed E-state index contributed by atoms with van der Waals surface area (Å²) in [5.41, 5.74) is 1.15. The zero-order valence-corrected chi connectivity index (χ0v) is 17.6. The van der Waals surface area contributed by atoms with Crippen LogP contribution in [-0.2, 0) is 9.59 Å². The summed E-state index contributed by atoms with van der Waals surface area (Å²) in [6.07, 6.45) is 3.15. The van der Waals surface area contributed by atoms with Crippen LogP contribution in [0.2, 0.25) is 0 Å². The van der Waals surface area contributed by atoms with Gasteiger partial charge in [0.25, 0.3) is 16.8 Å². The van der Waals surface area contributed by atoms with Crippen LogP contribution in [0.5, 0.6) is 0 Å². The van der Waals surface area contributed by atoms with E-state index in [9.17, 15) is 28.9 Å². The van der Waals surface area contributed by atoms with Crippen molar-refractivity contribution in [3.63, 3.8) is 0 Å². The van der Waals surface area contributed by atoms with Crippen LogP contribution in [0.25, 0.3) is 11.8 Å². The molecule has 11 heteroatoms. The Bertz CT molecular complexity index is 1320. The minimum Gasteiger partial charge on any atom is -0.324 e. The lowest BCUT2D eigenvalue weighted by Gasteiger charge is -2.12. The molecular formula is C22H15FN4O5S. The van der Waals surface area contributed by atoms with E-state index in [4.69, 9.17) is 0 Å². The molecule has 1 saturated heterocycles. The van der Waals surface area contributed by atoms with E-state index < -0.39 is 34.3 Å². The number of aromatic nitrogens is 1. The van der Waals surface area contributed by atoms with Crippen molar-refractivity contribution in [1.82, 2.24) is 9.47 Å². The number of anilines is 1. The van der Waals surface area contributed by atoms with Crippen LogP contribution in [-0.4, -0.2) is 38.0 Å². The second-order valence-corrected chi connectivity index (χ2v) is 7.90. The van der Waals surface area contributed by atoms with Gasteiger partial charge in [-0.05, 0) is 54.2 Å². The number of rotatable bonds is 6. The van der Waals surface area contributed by atoms with Crippen molar-refractivity contribution in [1.29, 1.82) is 0 Å². The van der Waals surface area contributed by atoms with Crippen molar-refractivity contribution < 1.29 is 23.7 Å². The number of imide groups is 1. The highest BCUT2D eigenvalue weighted by Gasteiger charge is 2.36. The van der Waals surface area contributed by atoms with Crippen LogP contribution in [0.1, 0.15) is 5.69 Å². The lowest BCUT2D eigenvalue weighted by Crippen LogP contribution is -2.36. The van der Waals surface area contributed by atoms with E-state index in [0.717, 1.165) is 11.0 Å². The van der Waals surface area contributed by atoms with Gasteiger partial charge in [-0.15, -0.1) is 0 Å². The SMILES string of the molecule is O=C(CN1C(=O)S/C(=C/c2cccn2-c2cccc([N+](=O)[O-])c2)C1=O)Nc1cccc(F)c1. The van der Waals surface area contributed by atoms with E-state index in [-0.39, 0.29) is 16.3 Å². The molecule has 33 heavy (non-hydrogen) atoms. The number of nitro benzene ring substituents is 1. The Morgan fingerprint density at radius 2 is 1.91 bits per heavy atom. The molecule has 0 radical (unpaired) electrons. The largest absolute Gasteiger partial charge is 0.324 e. The number of nitrogens with one attached hydrogen (secondary N) is 1. The molecule has 1 aliphatic rings. The predicted molar refractivity (Wildman–Crippen MR) is 120 cm³/mol. The molecule has 0 unspecified atom stereocenters. The maximum absolute atomic E-state index is 13.3. The maximum atomic E-state index is 13.3. The summed E-state index contributed by atoms with van der Waals surface area (Å²) in [5, 5.41) is 12.9. The zero-order chi connectivity index (χ0) is 23.5. The average Bonchev–Trinajstić information content (AvgIpc) is 3.34. The third-order valence-electron chi connectivity index (χ3n) is 4.66. The molecule has 9 nitrogen and oxygen atoms in total. The molecule has 3 aromatic rings. The lowest BCUT2D eigenvalue weighted by molar-refractivity contribution is -0.384. The van der Waals surface area contributed by atoms with E-state index >= 15 is 0 Å². The Labute approximate surface area is 190 Å². The fraction of sp³-hybridized carbons (Fsp3) is 0.0455. The van der Waals surface area contributed by atoms with Crippen molar-refractivity contribution in [2.24, 2.45) is 0 Å². The molecule has 4 rings (SSSR count). The first-order valence-electron chi connectivity index (χ1n) is 9.55. The standard InChI is InChI=1S/C22H15FN4O5S/c23-14-4-1-5-15(10-14)24-20(28)13-26-21(29)19(33-22(26)30)12-17-8-3-9-25(17)16-6-2-7-18(11-16)27(31)32/h1-12H,13H2,(H,24,28)/b19-12+. The van der Waals surface area contributed by atoms with Gasteiger partial charge in [0, 0.05) is 29.7 Å². The molecule has 1 aromatic heterocycles. The summed E-state index contributed by atoms with van der Waals surface area (Å²) >= 11 is 0.680. The number of nitrogens with zero attached hydrogens (tertiary/aromatic N) is 3. The first kappa shape index (κ1) is 22.0. The Hall–Kier alpha value is -4.25. The minimum atomic E-state index is -0.649. The Kier molecular flexibility index (Phi) is 6.05. The van der Waals surface area contributed by atoms with E-state index in [2.05, 4.69) is 5.32 Å². The number of halogens is 1. The number of carbonyl (C=O) groups excluding carboxylic acids is 3. The van der Waals surface area contributed by atoms with E-state index in [0.29, 0.717) is 23.1 Å². The molecule has 0 saturated carbocycles. The maximum Gasteiger partial charge on any atom is 0.294 e. The van der Waals surface area contributed by atoms with Crippen LogP contribution in [0, 0.1) is 15.9 Å². The molecule has 3 amide bonds. The van der Waals surface area contributed by atoms with Gasteiger partial charge in [0.2, 0.25) is 5.91 Å². The smallest absolute Gasteiger partial charge is 0.294 e. The normalized spacial score (nSPS) is 14.7. The number of nitro groups is 1. The minimum absolute atomic E-state index is 0.0863. The van der Waals surface area contributed by atoms with Crippen molar-refractivity contribution in [2.45, 2.75) is 0 Å². The fourth-order valence-corrected chi connectivity index (χ4v) is 4.01. The van der Waals surface area contributed by atoms with Gasteiger partial charge in [0.15, 0.2) is 0 Å². The highest BCUT2D eigenvalue weighted by Crippen LogP contribution is 2.32. The van der Waals surface area contributed by atoms with Crippen LogP contribution in [0.15, 0.2) is 71.8 Å². The van der Waals surface area contributed by atoms with Crippen molar-refractivity contribution in [3.05, 3.63) is 93.4 Å². The van der Waals surface area contributed by atoms with Gasteiger partial charge < -0.3 is 9.88 Å². The number of carbonyl (C=O) groups is 3. The van der Waals surface area contributed by atoms with E-state index in [1.807, 2.05) is 0 Å². The molecule has 1 fully saturated rings. The van der Waals surface area contributed by atoms with E-state index in [1.54, 1.807) is 35.0 Å². The van der Waals surface area contributed by atoms with Gasteiger partial charge in [0.1, 0.15) is 12.4 Å². The number of benzene rings is 2. The summed E-state index contributed by atoms with van der Waals surface area (Å²) in [7, 11) is 0. The van der Waals surface area contributed by atoms with Gasteiger partial charge in [-0.25, -0.2) is 4.39 Å². The zero-order valence-electron chi connectivity index (χ0n) is 16.8. The molecule has 0 atom stereocenters. The topological polar surface area (TPSA) is 115 Å². The monoisotopic (exact) mass is 466 g/mol. The summed E-state index contributed by atoms with van der Waals surface area (Å²) < 4.78 is 14.9. The van der Waals surface area contributed by atoms with Crippen LogP contribution in [0.3, 0.4) is 0 Å². The number of hydrogen-bond donors (Lipinski definition) is 1. The number of hydrogen-bond acceptors (Lipinski definition) is 6. The Morgan fingerprint density at radius 3 is 2.67 bits per heavy atom. The van der Waals surface area contributed by atoms with Crippen molar-refractivity contribution >= 4 is 46.3 Å². The van der Waals surface area contributed by atoms with Gasteiger partial charge in [-0.3, -0.25) is 29.4 Å². The van der Waals surface area contributed by atoms with E-state index in [1.165, 1.54) is 36.4 Å². The van der Waals surface area contributed by atoms with Crippen LogP contribution in [0.4, 0.5) is 20.6 Å². The predicted octanol–water partition coefficient (Wildman–Crippen LogP) is 4.20. The molecular weight excluding hydrogens is 451 g/mol. The molecule has 1 aliphatic heterocycles. The molecule has 2 heterocycles. The van der Waals surface area contributed by atoms with Gasteiger partial charge in [0.05, 0.1) is 15.5 Å². The molecule has 1 N–H and O–H groups in total. The third kappa shape index (κ3) is 4.83. The lowest BCUT2D eigenvalue weighted by atomic mass is 10.2. The number of amides is 3. The quantitative estimate of drug-likeness (QED) is 0.331. The highest BCUT2D eigenvalue weighted by molar-refractivity contribution is 8.18. The number of thioether (sulfide) groups is 1. The molecule has 2 aromatic carbocycles. The third-order valence-corrected chi connectivity index (χ3v) is 5.57. The summed E-state index contributed by atoms with van der Waals surface area (Å²) in [6.45, 7) is -0.523. The molecule has 166 valence electrons. The van der Waals surface area contributed by atoms with Crippen LogP contribution >= 0.6 is 11.8 Å². The highest BCUT2D eigenvalue weighted by atomic mass is 32.2. The molecule has 0 bridgehead atoms. The Morgan fingerprint density at radius 1 is 1.12 bits per heavy atom. The van der Waals surface area contributed by atoms with Gasteiger partial charge in [-0.1, -0.05) is 12.1 Å². The second kappa shape index (κ2) is 9.09. The first-order chi connectivity index (χ1) is 15.8. The van der Waals surface area contributed by atoms with Crippen molar-refractivity contribution in [3.8, 4) is 5.69 Å². The summed E-state index contributed by atoms with van der Waals surface area (Å²) in [4.78, 5) is 48.8. The molecule has 0 spiro atoms. The average molecular weight is 466 g/mol. The number of non-ortho nitro benzene ring substituents is 1.